The molecule has 0 unspecified atom stereocenters. The quantitative estimate of drug-likeness (QED) is 0.289. The number of aliphatic hydroxyl groups is 1. The number of thiophene rings is 1. The molecule has 0 aliphatic heterocycles. The van der Waals surface area contributed by atoms with E-state index in [1.165, 1.54) is 20.2 Å². The summed E-state index contributed by atoms with van der Waals surface area (Å²) in [5, 5.41) is 15.0. The van der Waals surface area contributed by atoms with E-state index >= 15 is 0 Å². The van der Waals surface area contributed by atoms with Crippen molar-refractivity contribution in [1.82, 2.24) is 0 Å². The summed E-state index contributed by atoms with van der Waals surface area (Å²) in [5.41, 5.74) is 6.01. The third kappa shape index (κ3) is 2.56. The summed E-state index contributed by atoms with van der Waals surface area (Å²) in [6.45, 7) is 0. The zero-order valence-electron chi connectivity index (χ0n) is 17.8. The van der Waals surface area contributed by atoms with Crippen molar-refractivity contribution in [3.8, 4) is 22.3 Å². The van der Waals surface area contributed by atoms with Gasteiger partial charge in [-0.3, -0.25) is 0 Å². The molecule has 1 nitrogen and oxygen atoms in total. The smallest absolute Gasteiger partial charge is 0.142 e. The first-order chi connectivity index (χ1) is 16.2. The first kappa shape index (κ1) is 18.8. The molecule has 33 heavy (non-hydrogen) atoms. The minimum Gasteiger partial charge on any atom is -0.376 e. The molecule has 1 N–H and O–H groups in total. The number of hydrogen-bond acceptors (Lipinski definition) is 2. The molecule has 1 aliphatic carbocycles. The number of fused-ring (bicyclic) bond motifs is 6. The third-order valence-electron chi connectivity index (χ3n) is 6.93. The van der Waals surface area contributed by atoms with Gasteiger partial charge in [0.2, 0.25) is 0 Å². The molecule has 0 saturated heterocycles. The second-order valence-corrected chi connectivity index (χ2v) is 9.74. The van der Waals surface area contributed by atoms with Gasteiger partial charge < -0.3 is 5.11 Å². The Bertz CT molecular complexity index is 1650. The molecule has 0 saturated carbocycles. The van der Waals surface area contributed by atoms with Gasteiger partial charge in [0.15, 0.2) is 0 Å². The van der Waals surface area contributed by atoms with Crippen LogP contribution in [-0.4, -0.2) is 5.11 Å². The Labute approximate surface area is 196 Å². The minimum atomic E-state index is -1.20. The highest BCUT2D eigenvalue weighted by molar-refractivity contribution is 7.25. The van der Waals surface area contributed by atoms with Crippen LogP contribution in [0.2, 0.25) is 0 Å². The van der Waals surface area contributed by atoms with Crippen LogP contribution in [0.4, 0.5) is 0 Å². The minimum absolute atomic E-state index is 0.919. The monoisotopic (exact) mass is 440 g/mol. The van der Waals surface area contributed by atoms with E-state index in [1.807, 2.05) is 41.7 Å². The van der Waals surface area contributed by atoms with Crippen LogP contribution < -0.4 is 0 Å². The van der Waals surface area contributed by atoms with E-state index in [-0.39, 0.29) is 0 Å². The van der Waals surface area contributed by atoms with Crippen molar-refractivity contribution in [3.63, 3.8) is 0 Å². The highest BCUT2D eigenvalue weighted by Gasteiger charge is 2.44. The van der Waals surface area contributed by atoms with E-state index in [1.54, 1.807) is 0 Å². The molecule has 5 aromatic carbocycles. The Kier molecular flexibility index (Phi) is 3.93. The molecule has 0 bridgehead atoms. The fourth-order valence-corrected chi connectivity index (χ4v) is 6.59. The van der Waals surface area contributed by atoms with Gasteiger partial charge in [0.25, 0.3) is 0 Å². The Morgan fingerprint density at radius 1 is 0.485 bits per heavy atom. The average molecular weight is 441 g/mol. The van der Waals surface area contributed by atoms with Gasteiger partial charge in [-0.15, -0.1) is 11.3 Å². The largest absolute Gasteiger partial charge is 0.376 e. The highest BCUT2D eigenvalue weighted by atomic mass is 32.1. The van der Waals surface area contributed by atoms with Gasteiger partial charge in [-0.25, -0.2) is 0 Å². The van der Waals surface area contributed by atoms with E-state index in [4.69, 9.17) is 0 Å². The SMILES string of the molecule is OC1(c2ccccc2-c2ccc3c(c2)sc2ccccc23)c2ccccc2-c2ccccc21. The van der Waals surface area contributed by atoms with Crippen molar-refractivity contribution in [1.29, 1.82) is 0 Å². The molecule has 0 amide bonds. The lowest BCUT2D eigenvalue weighted by Gasteiger charge is -2.29. The van der Waals surface area contributed by atoms with Gasteiger partial charge in [0, 0.05) is 36.9 Å². The summed E-state index contributed by atoms with van der Waals surface area (Å²) in [6, 6.07) is 40.0. The van der Waals surface area contributed by atoms with Crippen LogP contribution in [0.3, 0.4) is 0 Å². The summed E-state index contributed by atoms with van der Waals surface area (Å²) in [7, 11) is 0. The Balaban J connectivity index is 1.49. The predicted octanol–water partition coefficient (Wildman–Crippen LogP) is 7.99. The number of benzene rings is 5. The zero-order valence-corrected chi connectivity index (χ0v) is 18.6. The molecule has 1 heterocycles. The second kappa shape index (κ2) is 6.89. The first-order valence-corrected chi connectivity index (χ1v) is 12.0. The summed E-state index contributed by atoms with van der Waals surface area (Å²) < 4.78 is 2.57. The van der Waals surface area contributed by atoms with Gasteiger partial charge >= 0.3 is 0 Å². The van der Waals surface area contributed by atoms with E-state index in [0.29, 0.717) is 0 Å². The molecular weight excluding hydrogens is 420 g/mol. The normalized spacial score (nSPS) is 13.8. The van der Waals surface area contributed by atoms with Crippen molar-refractivity contribution in [2.45, 2.75) is 5.60 Å². The summed E-state index contributed by atoms with van der Waals surface area (Å²) in [6.07, 6.45) is 0. The fourth-order valence-electron chi connectivity index (χ4n) is 5.45. The Morgan fingerprint density at radius 3 is 1.70 bits per heavy atom. The lowest BCUT2D eigenvalue weighted by atomic mass is 9.80. The van der Waals surface area contributed by atoms with Crippen molar-refractivity contribution in [2.24, 2.45) is 0 Å². The molecule has 1 aliphatic rings. The molecule has 156 valence electrons. The molecule has 0 atom stereocenters. The predicted molar refractivity (Wildman–Crippen MR) is 139 cm³/mol. The van der Waals surface area contributed by atoms with Gasteiger partial charge in [-0.05, 0) is 34.4 Å². The molecular formula is C31H20OS. The maximum atomic E-state index is 12.4. The van der Waals surface area contributed by atoms with Crippen LogP contribution in [-0.2, 0) is 5.60 Å². The van der Waals surface area contributed by atoms with Gasteiger partial charge in [0.1, 0.15) is 5.60 Å². The topological polar surface area (TPSA) is 20.2 Å². The van der Waals surface area contributed by atoms with Crippen molar-refractivity contribution in [3.05, 3.63) is 132 Å². The molecule has 0 radical (unpaired) electrons. The molecule has 2 heteroatoms. The van der Waals surface area contributed by atoms with Crippen LogP contribution in [0.15, 0.2) is 115 Å². The van der Waals surface area contributed by atoms with E-state index in [9.17, 15) is 5.11 Å². The zero-order chi connectivity index (χ0) is 22.0. The molecule has 0 fully saturated rings. The van der Waals surface area contributed by atoms with E-state index < -0.39 is 5.60 Å². The molecule has 1 aromatic heterocycles. The van der Waals surface area contributed by atoms with Crippen LogP contribution in [0, 0.1) is 0 Å². The summed E-state index contributed by atoms with van der Waals surface area (Å²) >= 11 is 1.82. The van der Waals surface area contributed by atoms with Crippen LogP contribution in [0.1, 0.15) is 16.7 Å². The first-order valence-electron chi connectivity index (χ1n) is 11.2. The third-order valence-corrected chi connectivity index (χ3v) is 8.06. The van der Waals surface area contributed by atoms with Gasteiger partial charge in [-0.1, -0.05) is 103 Å². The molecule has 0 spiro atoms. The Morgan fingerprint density at radius 2 is 1.00 bits per heavy atom. The van der Waals surface area contributed by atoms with Gasteiger partial charge in [-0.2, -0.15) is 0 Å². The fraction of sp³-hybridized carbons (Fsp3) is 0.0323. The van der Waals surface area contributed by atoms with Crippen molar-refractivity contribution < 1.29 is 5.11 Å². The van der Waals surface area contributed by atoms with E-state index in [0.717, 1.165) is 38.9 Å². The van der Waals surface area contributed by atoms with Crippen LogP contribution in [0.25, 0.3) is 42.4 Å². The van der Waals surface area contributed by atoms with Crippen LogP contribution in [0.5, 0.6) is 0 Å². The Hall–Kier alpha value is -3.72. The molecule has 6 aromatic rings. The van der Waals surface area contributed by atoms with Crippen molar-refractivity contribution in [2.75, 3.05) is 0 Å². The van der Waals surface area contributed by atoms with Crippen molar-refractivity contribution >= 4 is 31.5 Å². The lowest BCUT2D eigenvalue weighted by Crippen LogP contribution is -2.27. The van der Waals surface area contributed by atoms with E-state index in [2.05, 4.69) is 84.9 Å². The standard InChI is InChI=1S/C31H20OS/c32-31(27-14-6-2-10-22(27)23-11-3-7-15-28(23)31)26-13-5-1-9-21(26)20-17-18-25-24-12-4-8-16-29(24)33-30(25)19-20/h1-19,32H. The van der Waals surface area contributed by atoms with Gasteiger partial charge in [0.05, 0.1) is 0 Å². The summed E-state index contributed by atoms with van der Waals surface area (Å²) in [4.78, 5) is 0. The summed E-state index contributed by atoms with van der Waals surface area (Å²) in [5.74, 6) is 0. The maximum absolute atomic E-state index is 12.4. The number of rotatable bonds is 2. The van der Waals surface area contributed by atoms with Crippen LogP contribution >= 0.6 is 11.3 Å². The second-order valence-electron chi connectivity index (χ2n) is 8.66. The molecule has 7 rings (SSSR count). The highest BCUT2D eigenvalue weighted by Crippen LogP contribution is 2.52. The number of hydrogen-bond donors (Lipinski definition) is 1. The maximum Gasteiger partial charge on any atom is 0.142 e. The average Bonchev–Trinajstić information content (AvgIpc) is 3.38. The lowest BCUT2D eigenvalue weighted by molar-refractivity contribution is 0.131.